The van der Waals surface area contributed by atoms with Gasteiger partial charge in [0.05, 0.1) is 22.3 Å². The molecule has 4 aromatic carbocycles. The molecule has 2 heterocycles. The van der Waals surface area contributed by atoms with Crippen molar-refractivity contribution < 1.29 is 38.1 Å². The van der Waals surface area contributed by atoms with Crippen molar-refractivity contribution in [2.75, 3.05) is 0 Å². The van der Waals surface area contributed by atoms with Crippen molar-refractivity contribution in [1.82, 2.24) is 0 Å². The van der Waals surface area contributed by atoms with Crippen molar-refractivity contribution in [3.05, 3.63) is 107 Å². The fourth-order valence-electron chi connectivity index (χ4n) is 4.01. The number of hydrogen-bond acceptors (Lipinski definition) is 8. The van der Waals surface area contributed by atoms with Crippen LogP contribution in [0.1, 0.15) is 41.4 Å². The summed E-state index contributed by atoms with van der Waals surface area (Å²) in [6.07, 6.45) is 0. The second-order valence-corrected chi connectivity index (χ2v) is 8.03. The molecule has 2 aliphatic rings. The van der Waals surface area contributed by atoms with E-state index in [0.717, 1.165) is 11.1 Å². The molecule has 0 bridgehead atoms. The molecule has 6 rings (SSSR count). The van der Waals surface area contributed by atoms with E-state index in [2.05, 4.69) is 9.47 Å². The number of fused-ring (bicyclic) bond motifs is 2. The highest BCUT2D eigenvalue weighted by molar-refractivity contribution is 6.15. The van der Waals surface area contributed by atoms with Crippen LogP contribution < -0.4 is 9.47 Å². The van der Waals surface area contributed by atoms with Gasteiger partial charge in [0.15, 0.2) is 0 Å². The topological polar surface area (TPSA) is 105 Å². The third-order valence-corrected chi connectivity index (χ3v) is 5.71. The van der Waals surface area contributed by atoms with E-state index in [4.69, 9.17) is 9.47 Å². The Balaban J connectivity index is 1.23. The Hall–Kier alpha value is -5.24. The van der Waals surface area contributed by atoms with Gasteiger partial charge >= 0.3 is 23.9 Å². The smallest absolute Gasteiger partial charge is 0.347 e. The highest BCUT2D eigenvalue weighted by Crippen LogP contribution is 2.33. The molecule has 0 spiro atoms. The summed E-state index contributed by atoms with van der Waals surface area (Å²) >= 11 is 0. The standard InChI is InChI=1S/C28H14O8/c29-25-21-9-7-19(13-23(21)27(31)35-25)33-17-5-1-3-15(11-17)16-4-2-6-18(12-16)34-20-8-10-22-24(14-20)28(32)36-26(22)30/h1-14H. The molecule has 4 aromatic rings. The Bertz CT molecular complexity index is 1500. The van der Waals surface area contributed by atoms with Crippen LogP contribution in [-0.2, 0) is 9.47 Å². The van der Waals surface area contributed by atoms with Crippen molar-refractivity contribution in [3.63, 3.8) is 0 Å². The number of rotatable bonds is 5. The molecular weight excluding hydrogens is 464 g/mol. The van der Waals surface area contributed by atoms with Crippen molar-refractivity contribution in [2.45, 2.75) is 0 Å². The Morgan fingerprint density at radius 3 is 1.25 bits per heavy atom. The van der Waals surface area contributed by atoms with Gasteiger partial charge in [-0.1, -0.05) is 24.3 Å². The van der Waals surface area contributed by atoms with Crippen LogP contribution in [0.4, 0.5) is 0 Å². The van der Waals surface area contributed by atoms with Crippen molar-refractivity contribution in [1.29, 1.82) is 0 Å². The van der Waals surface area contributed by atoms with Gasteiger partial charge in [0.2, 0.25) is 0 Å². The van der Waals surface area contributed by atoms with Gasteiger partial charge in [0, 0.05) is 0 Å². The number of carbonyl (C=O) groups excluding carboxylic acids is 4. The molecule has 0 radical (unpaired) electrons. The third kappa shape index (κ3) is 3.76. The SMILES string of the molecule is O=C1OC(=O)c2cc(Oc3cccc(-c4cccc(Oc5ccc6c(c5)C(=O)OC6=O)c4)c3)ccc21. The lowest BCUT2D eigenvalue weighted by atomic mass is 10.1. The van der Waals surface area contributed by atoms with E-state index >= 15 is 0 Å². The van der Waals surface area contributed by atoms with Crippen LogP contribution in [0.3, 0.4) is 0 Å². The summed E-state index contributed by atoms with van der Waals surface area (Å²) in [5, 5.41) is 0. The molecule has 0 N–H and O–H groups in total. The lowest BCUT2D eigenvalue weighted by Gasteiger charge is -2.10. The number of benzene rings is 4. The van der Waals surface area contributed by atoms with E-state index in [-0.39, 0.29) is 22.3 Å². The van der Waals surface area contributed by atoms with E-state index in [1.807, 2.05) is 36.4 Å². The van der Waals surface area contributed by atoms with Gasteiger partial charge in [-0.15, -0.1) is 0 Å². The van der Waals surface area contributed by atoms with Gasteiger partial charge in [-0.2, -0.15) is 0 Å². The molecule has 8 heteroatoms. The summed E-state index contributed by atoms with van der Waals surface area (Å²) in [5.74, 6) is -0.892. The molecule has 0 unspecified atom stereocenters. The summed E-state index contributed by atoms with van der Waals surface area (Å²) in [4.78, 5) is 46.9. The number of carbonyl (C=O) groups is 4. The minimum atomic E-state index is -0.696. The maximum Gasteiger partial charge on any atom is 0.347 e. The van der Waals surface area contributed by atoms with Gasteiger partial charge in [-0.25, -0.2) is 19.2 Å². The Labute approximate surface area is 203 Å². The maximum atomic E-state index is 11.8. The van der Waals surface area contributed by atoms with Crippen LogP contribution in [0, 0.1) is 0 Å². The highest BCUT2D eigenvalue weighted by atomic mass is 16.6. The van der Waals surface area contributed by atoms with Gasteiger partial charge < -0.3 is 18.9 Å². The Morgan fingerprint density at radius 2 is 0.806 bits per heavy atom. The summed E-state index contributed by atoms with van der Waals surface area (Å²) in [6, 6.07) is 23.8. The minimum Gasteiger partial charge on any atom is -0.457 e. The molecule has 0 fully saturated rings. The van der Waals surface area contributed by atoms with Crippen LogP contribution in [0.25, 0.3) is 11.1 Å². The second-order valence-electron chi connectivity index (χ2n) is 8.03. The van der Waals surface area contributed by atoms with Gasteiger partial charge in [-0.3, -0.25) is 0 Å². The van der Waals surface area contributed by atoms with Gasteiger partial charge in [-0.05, 0) is 71.8 Å². The predicted molar refractivity (Wildman–Crippen MR) is 124 cm³/mol. The zero-order valence-electron chi connectivity index (χ0n) is 18.3. The molecule has 0 aromatic heterocycles. The highest BCUT2D eigenvalue weighted by Gasteiger charge is 2.31. The molecule has 8 nitrogen and oxygen atoms in total. The molecular formula is C28H14O8. The normalized spacial score (nSPS) is 13.7. The first kappa shape index (κ1) is 21.3. The van der Waals surface area contributed by atoms with E-state index in [9.17, 15) is 19.2 Å². The fourth-order valence-corrected chi connectivity index (χ4v) is 4.01. The molecule has 174 valence electrons. The van der Waals surface area contributed by atoms with Crippen LogP contribution in [0.15, 0.2) is 84.9 Å². The fraction of sp³-hybridized carbons (Fsp3) is 0. The van der Waals surface area contributed by atoms with Crippen LogP contribution in [0.2, 0.25) is 0 Å². The van der Waals surface area contributed by atoms with Crippen molar-refractivity contribution in [2.24, 2.45) is 0 Å². The van der Waals surface area contributed by atoms with Crippen LogP contribution in [0.5, 0.6) is 23.0 Å². The zero-order valence-corrected chi connectivity index (χ0v) is 18.3. The van der Waals surface area contributed by atoms with E-state index in [1.165, 1.54) is 24.3 Å². The zero-order chi connectivity index (χ0) is 24.8. The summed E-state index contributed by atoms with van der Waals surface area (Å²) in [5.41, 5.74) is 2.45. The second kappa shape index (κ2) is 8.21. The average molecular weight is 478 g/mol. The quantitative estimate of drug-likeness (QED) is 0.271. The third-order valence-electron chi connectivity index (χ3n) is 5.71. The minimum absolute atomic E-state index is 0.169. The molecule has 0 amide bonds. The number of cyclic esters (lactones) is 4. The molecule has 0 saturated heterocycles. The number of hydrogen-bond donors (Lipinski definition) is 0. The van der Waals surface area contributed by atoms with E-state index in [0.29, 0.717) is 23.0 Å². The lowest BCUT2D eigenvalue weighted by Crippen LogP contribution is -1.96. The predicted octanol–water partition coefficient (Wildman–Crippen LogP) is 5.56. The summed E-state index contributed by atoms with van der Waals surface area (Å²) in [6.45, 7) is 0. The number of esters is 4. The lowest BCUT2D eigenvalue weighted by molar-refractivity contribution is 0.0425. The molecule has 0 saturated carbocycles. The monoisotopic (exact) mass is 478 g/mol. The molecule has 0 atom stereocenters. The molecule has 0 aliphatic carbocycles. The maximum absolute atomic E-state index is 11.8. The average Bonchev–Trinajstić information content (AvgIpc) is 3.32. The first-order valence-corrected chi connectivity index (χ1v) is 10.8. The van der Waals surface area contributed by atoms with Crippen LogP contribution >= 0.6 is 0 Å². The van der Waals surface area contributed by atoms with Gasteiger partial charge in [0.1, 0.15) is 23.0 Å². The Morgan fingerprint density at radius 1 is 0.417 bits per heavy atom. The van der Waals surface area contributed by atoms with Crippen molar-refractivity contribution >= 4 is 23.9 Å². The van der Waals surface area contributed by atoms with E-state index < -0.39 is 23.9 Å². The van der Waals surface area contributed by atoms with Crippen LogP contribution in [-0.4, -0.2) is 23.9 Å². The first-order chi connectivity index (χ1) is 17.4. The number of ether oxygens (including phenoxy) is 4. The summed E-state index contributed by atoms with van der Waals surface area (Å²) < 4.78 is 21.1. The first-order valence-electron chi connectivity index (χ1n) is 10.8. The van der Waals surface area contributed by atoms with Crippen molar-refractivity contribution in [3.8, 4) is 34.1 Å². The molecule has 36 heavy (non-hydrogen) atoms. The van der Waals surface area contributed by atoms with E-state index in [1.54, 1.807) is 24.3 Å². The largest absolute Gasteiger partial charge is 0.457 e. The summed E-state index contributed by atoms with van der Waals surface area (Å²) in [7, 11) is 0. The Kier molecular flexibility index (Phi) is 4.86. The van der Waals surface area contributed by atoms with Gasteiger partial charge in [0.25, 0.3) is 0 Å². The molecule has 2 aliphatic heterocycles.